The van der Waals surface area contributed by atoms with Crippen molar-refractivity contribution in [3.63, 3.8) is 0 Å². The molecule has 0 spiro atoms. The summed E-state index contributed by atoms with van der Waals surface area (Å²) in [6.07, 6.45) is 0. The molecule has 0 bridgehead atoms. The standard InChI is InChI=1S/C20H13ClN4O3S/c1-11-23-18(25-28-11)10-27-16-5-3-2-4-13(16)19(26)14(9-22)20-24-15-8-12(21)6-7-17(15)29-20/h2-8,14H,10H2,1H3. The molecule has 4 rings (SSSR count). The largest absolute Gasteiger partial charge is 0.485 e. The number of rotatable bonds is 6. The molecule has 0 saturated carbocycles. The predicted octanol–water partition coefficient (Wildman–Crippen LogP) is 4.71. The second kappa shape index (κ2) is 7.99. The van der Waals surface area contributed by atoms with E-state index in [1.165, 1.54) is 11.3 Å². The Morgan fingerprint density at radius 3 is 2.90 bits per heavy atom. The van der Waals surface area contributed by atoms with Gasteiger partial charge in [-0.3, -0.25) is 4.79 Å². The molecule has 9 heteroatoms. The molecule has 2 aromatic carbocycles. The van der Waals surface area contributed by atoms with Crippen molar-refractivity contribution >= 4 is 38.9 Å². The fourth-order valence-electron chi connectivity index (χ4n) is 2.76. The quantitative estimate of drug-likeness (QED) is 0.413. The zero-order valence-corrected chi connectivity index (χ0v) is 16.7. The first-order valence-electron chi connectivity index (χ1n) is 8.56. The second-order valence-corrected chi connectivity index (χ2v) is 7.60. The Balaban J connectivity index is 1.62. The van der Waals surface area contributed by atoms with Gasteiger partial charge in [0.05, 0.1) is 21.8 Å². The van der Waals surface area contributed by atoms with E-state index in [1.54, 1.807) is 43.3 Å². The van der Waals surface area contributed by atoms with Gasteiger partial charge >= 0.3 is 0 Å². The maximum atomic E-state index is 13.1. The fraction of sp³-hybridized carbons (Fsp3) is 0.150. The zero-order valence-electron chi connectivity index (χ0n) is 15.1. The number of ketones is 1. The number of ether oxygens (including phenoxy) is 1. The average molecular weight is 425 g/mol. The molecule has 0 aliphatic heterocycles. The van der Waals surface area contributed by atoms with E-state index in [0.717, 1.165) is 4.70 Å². The first-order valence-corrected chi connectivity index (χ1v) is 9.75. The molecule has 0 N–H and O–H groups in total. The number of Topliss-reactive ketones (excluding diaryl/α,β-unsaturated/α-hetero) is 1. The highest BCUT2D eigenvalue weighted by atomic mass is 35.5. The van der Waals surface area contributed by atoms with E-state index in [1.807, 2.05) is 6.07 Å². The third-order valence-corrected chi connectivity index (χ3v) is 5.42. The lowest BCUT2D eigenvalue weighted by Gasteiger charge is -2.11. The van der Waals surface area contributed by atoms with E-state index >= 15 is 0 Å². The van der Waals surface area contributed by atoms with Gasteiger partial charge < -0.3 is 9.26 Å². The van der Waals surface area contributed by atoms with Gasteiger partial charge in [-0.1, -0.05) is 28.9 Å². The molecule has 0 fully saturated rings. The summed E-state index contributed by atoms with van der Waals surface area (Å²) in [5, 5.41) is 14.4. The minimum Gasteiger partial charge on any atom is -0.485 e. The van der Waals surface area contributed by atoms with E-state index in [-0.39, 0.29) is 12.2 Å². The molecule has 1 unspecified atom stereocenters. The summed E-state index contributed by atoms with van der Waals surface area (Å²) in [5.74, 6) is -0.316. The molecular weight excluding hydrogens is 412 g/mol. The summed E-state index contributed by atoms with van der Waals surface area (Å²) >= 11 is 7.30. The lowest BCUT2D eigenvalue weighted by atomic mass is 9.98. The van der Waals surface area contributed by atoms with Crippen LogP contribution in [0.2, 0.25) is 5.02 Å². The lowest BCUT2D eigenvalue weighted by molar-refractivity contribution is 0.0974. The molecule has 0 aliphatic rings. The number of hydrogen-bond acceptors (Lipinski definition) is 8. The van der Waals surface area contributed by atoms with Crippen molar-refractivity contribution in [1.82, 2.24) is 15.1 Å². The zero-order chi connectivity index (χ0) is 20.4. The summed E-state index contributed by atoms with van der Waals surface area (Å²) < 4.78 is 11.5. The van der Waals surface area contributed by atoms with Gasteiger partial charge in [0, 0.05) is 11.9 Å². The SMILES string of the molecule is Cc1nc(COc2ccccc2C(=O)C(C#N)c2nc3cc(Cl)ccc3s2)no1. The molecule has 0 saturated heterocycles. The molecule has 0 amide bonds. The number of carbonyl (C=O) groups excluding carboxylic acids is 1. The Kier molecular flexibility index (Phi) is 5.25. The van der Waals surface area contributed by atoms with Crippen LogP contribution in [0.15, 0.2) is 47.0 Å². The minimum absolute atomic E-state index is 0.0402. The van der Waals surface area contributed by atoms with E-state index in [0.29, 0.717) is 33.0 Å². The van der Waals surface area contributed by atoms with Crippen molar-refractivity contribution in [1.29, 1.82) is 5.26 Å². The summed E-state index contributed by atoms with van der Waals surface area (Å²) in [4.78, 5) is 21.7. The highest BCUT2D eigenvalue weighted by Gasteiger charge is 2.27. The van der Waals surface area contributed by atoms with Gasteiger partial charge in [0.2, 0.25) is 11.7 Å². The van der Waals surface area contributed by atoms with Gasteiger partial charge in [0.15, 0.2) is 18.3 Å². The predicted molar refractivity (Wildman–Crippen MR) is 107 cm³/mol. The number of carbonyl (C=O) groups is 1. The highest BCUT2D eigenvalue weighted by molar-refractivity contribution is 7.18. The Morgan fingerprint density at radius 2 is 2.14 bits per heavy atom. The number of hydrogen-bond donors (Lipinski definition) is 0. The smallest absolute Gasteiger partial charge is 0.223 e. The molecule has 4 aromatic rings. The van der Waals surface area contributed by atoms with Crippen LogP contribution in [0.4, 0.5) is 0 Å². The van der Waals surface area contributed by atoms with Crippen LogP contribution in [0.3, 0.4) is 0 Å². The van der Waals surface area contributed by atoms with Crippen LogP contribution in [0.5, 0.6) is 5.75 Å². The number of benzene rings is 2. The Morgan fingerprint density at radius 1 is 1.31 bits per heavy atom. The maximum Gasteiger partial charge on any atom is 0.223 e. The Hall–Kier alpha value is -3.28. The van der Waals surface area contributed by atoms with Crippen molar-refractivity contribution in [2.45, 2.75) is 19.4 Å². The van der Waals surface area contributed by atoms with Crippen LogP contribution in [0.25, 0.3) is 10.2 Å². The molecule has 0 radical (unpaired) electrons. The topological polar surface area (TPSA) is 102 Å². The Labute approximate surface area is 174 Å². The van der Waals surface area contributed by atoms with Crippen LogP contribution in [0, 0.1) is 18.3 Å². The number of aryl methyl sites for hydroxylation is 1. The molecule has 2 heterocycles. The van der Waals surface area contributed by atoms with Crippen molar-refractivity contribution in [3.05, 3.63) is 69.8 Å². The number of fused-ring (bicyclic) bond motifs is 1. The third-order valence-electron chi connectivity index (χ3n) is 4.08. The first-order chi connectivity index (χ1) is 14.0. The summed E-state index contributed by atoms with van der Waals surface area (Å²) in [6.45, 7) is 1.72. The van der Waals surface area contributed by atoms with Crippen LogP contribution in [0.1, 0.15) is 33.0 Å². The van der Waals surface area contributed by atoms with E-state index in [2.05, 4.69) is 21.2 Å². The molecule has 144 valence electrons. The number of thiazole rings is 1. The molecule has 2 aromatic heterocycles. The normalized spacial score (nSPS) is 11.9. The van der Waals surface area contributed by atoms with Crippen molar-refractivity contribution in [3.8, 4) is 11.8 Å². The first kappa shape index (κ1) is 19.1. The lowest BCUT2D eigenvalue weighted by Crippen LogP contribution is -2.13. The van der Waals surface area contributed by atoms with Crippen LogP contribution in [-0.4, -0.2) is 20.9 Å². The van der Waals surface area contributed by atoms with Gasteiger partial charge in [0.25, 0.3) is 0 Å². The second-order valence-electron chi connectivity index (χ2n) is 6.10. The van der Waals surface area contributed by atoms with Crippen molar-refractivity contribution in [2.75, 3.05) is 0 Å². The summed E-state index contributed by atoms with van der Waals surface area (Å²) in [5.41, 5.74) is 0.944. The number of halogens is 1. The van der Waals surface area contributed by atoms with Gasteiger partial charge in [-0.05, 0) is 30.3 Å². The number of aromatic nitrogens is 3. The molecular formula is C20H13ClN4O3S. The number of nitrogens with zero attached hydrogens (tertiary/aromatic N) is 4. The molecule has 1 atom stereocenters. The van der Waals surface area contributed by atoms with Crippen LogP contribution >= 0.6 is 22.9 Å². The number of para-hydroxylation sites is 1. The molecule has 7 nitrogen and oxygen atoms in total. The van der Waals surface area contributed by atoms with Gasteiger partial charge in [0.1, 0.15) is 10.8 Å². The Bertz CT molecular complexity index is 1240. The van der Waals surface area contributed by atoms with E-state index < -0.39 is 11.7 Å². The number of nitriles is 1. The van der Waals surface area contributed by atoms with Gasteiger partial charge in [-0.2, -0.15) is 10.2 Å². The summed E-state index contributed by atoms with van der Waals surface area (Å²) in [7, 11) is 0. The average Bonchev–Trinajstić information content (AvgIpc) is 3.32. The molecule has 29 heavy (non-hydrogen) atoms. The van der Waals surface area contributed by atoms with Gasteiger partial charge in [-0.25, -0.2) is 4.98 Å². The van der Waals surface area contributed by atoms with Gasteiger partial charge in [-0.15, -0.1) is 11.3 Å². The molecule has 0 aliphatic carbocycles. The highest BCUT2D eigenvalue weighted by Crippen LogP contribution is 2.32. The van der Waals surface area contributed by atoms with Crippen molar-refractivity contribution in [2.24, 2.45) is 0 Å². The van der Waals surface area contributed by atoms with E-state index in [9.17, 15) is 10.1 Å². The van der Waals surface area contributed by atoms with E-state index in [4.69, 9.17) is 20.9 Å². The van der Waals surface area contributed by atoms with Crippen LogP contribution < -0.4 is 4.74 Å². The fourth-order valence-corrected chi connectivity index (χ4v) is 3.92. The minimum atomic E-state index is -1.05. The van der Waals surface area contributed by atoms with Crippen LogP contribution in [-0.2, 0) is 6.61 Å². The van der Waals surface area contributed by atoms with Crippen molar-refractivity contribution < 1.29 is 14.1 Å². The monoisotopic (exact) mass is 424 g/mol. The third kappa shape index (κ3) is 3.97. The maximum absolute atomic E-state index is 13.1. The summed E-state index contributed by atoms with van der Waals surface area (Å²) in [6, 6.07) is 14.1.